The summed E-state index contributed by atoms with van der Waals surface area (Å²) in [7, 11) is 0. The molecule has 4 atom stereocenters. The number of hydrazine groups is 1. The SMILES string of the molecule is Cl.NC1CC2CCCC(C1)C2NC(=O)C1CNNC1c1ccccc1. The highest BCUT2D eigenvalue weighted by Gasteiger charge is 2.42. The van der Waals surface area contributed by atoms with Crippen LogP contribution in [0.15, 0.2) is 30.3 Å². The smallest absolute Gasteiger partial charge is 0.226 e. The number of nitrogens with two attached hydrogens (primary N) is 1. The summed E-state index contributed by atoms with van der Waals surface area (Å²) in [4.78, 5) is 13.0. The second-order valence-corrected chi connectivity index (χ2v) is 7.74. The predicted molar refractivity (Wildman–Crippen MR) is 101 cm³/mol. The van der Waals surface area contributed by atoms with Gasteiger partial charge in [0.1, 0.15) is 0 Å². The fourth-order valence-electron chi connectivity index (χ4n) is 5.01. The van der Waals surface area contributed by atoms with Gasteiger partial charge in [0.05, 0.1) is 12.0 Å². The first-order valence-corrected chi connectivity index (χ1v) is 9.31. The van der Waals surface area contributed by atoms with E-state index >= 15 is 0 Å². The highest BCUT2D eigenvalue weighted by atomic mass is 35.5. The Labute approximate surface area is 155 Å². The quantitative estimate of drug-likeness (QED) is 0.660. The Morgan fingerprint density at radius 3 is 2.48 bits per heavy atom. The van der Waals surface area contributed by atoms with Crippen LogP contribution >= 0.6 is 12.4 Å². The number of fused-ring (bicyclic) bond motifs is 2. The minimum Gasteiger partial charge on any atom is -0.352 e. The van der Waals surface area contributed by atoms with Crippen LogP contribution in [-0.2, 0) is 4.79 Å². The van der Waals surface area contributed by atoms with Gasteiger partial charge in [-0.25, -0.2) is 5.43 Å². The van der Waals surface area contributed by atoms with E-state index in [-0.39, 0.29) is 30.3 Å². The van der Waals surface area contributed by atoms with E-state index in [0.717, 1.165) is 18.4 Å². The minimum atomic E-state index is -0.0660. The van der Waals surface area contributed by atoms with E-state index < -0.39 is 0 Å². The van der Waals surface area contributed by atoms with E-state index in [2.05, 4.69) is 28.3 Å². The maximum absolute atomic E-state index is 13.0. The molecule has 1 aliphatic heterocycles. The Bertz CT molecular complexity index is 570. The molecule has 1 saturated heterocycles. The van der Waals surface area contributed by atoms with Crippen LogP contribution in [0.5, 0.6) is 0 Å². The summed E-state index contributed by atoms with van der Waals surface area (Å²) in [5, 5.41) is 3.41. The highest BCUT2D eigenvalue weighted by molar-refractivity contribution is 5.85. The van der Waals surface area contributed by atoms with Crippen LogP contribution in [0.25, 0.3) is 0 Å². The first-order valence-electron chi connectivity index (χ1n) is 9.31. The van der Waals surface area contributed by atoms with Crippen molar-refractivity contribution in [2.45, 2.75) is 50.2 Å². The van der Waals surface area contributed by atoms with Gasteiger partial charge in [0, 0.05) is 18.6 Å². The Morgan fingerprint density at radius 2 is 1.80 bits per heavy atom. The molecule has 0 radical (unpaired) electrons. The lowest BCUT2D eigenvalue weighted by atomic mass is 9.67. The molecule has 4 rings (SSSR count). The van der Waals surface area contributed by atoms with E-state index in [1.807, 2.05) is 18.2 Å². The number of rotatable bonds is 3. The third-order valence-electron chi connectivity index (χ3n) is 6.16. The Morgan fingerprint density at radius 1 is 1.12 bits per heavy atom. The summed E-state index contributed by atoms with van der Waals surface area (Å²) >= 11 is 0. The second-order valence-electron chi connectivity index (χ2n) is 7.74. The molecule has 2 aliphatic carbocycles. The number of hydrogen-bond acceptors (Lipinski definition) is 4. The summed E-state index contributed by atoms with van der Waals surface area (Å²) in [6, 6.07) is 10.9. The van der Waals surface area contributed by atoms with Crippen molar-refractivity contribution in [1.82, 2.24) is 16.2 Å². The average Bonchev–Trinajstić information content (AvgIpc) is 3.06. The van der Waals surface area contributed by atoms with Gasteiger partial charge >= 0.3 is 0 Å². The summed E-state index contributed by atoms with van der Waals surface area (Å²) in [5.74, 6) is 1.24. The van der Waals surface area contributed by atoms with Crippen LogP contribution in [0.1, 0.15) is 43.7 Å². The monoisotopic (exact) mass is 364 g/mol. The number of hydrogen-bond donors (Lipinski definition) is 4. The topological polar surface area (TPSA) is 79.2 Å². The van der Waals surface area contributed by atoms with Crippen molar-refractivity contribution in [3.05, 3.63) is 35.9 Å². The van der Waals surface area contributed by atoms with Crippen molar-refractivity contribution in [1.29, 1.82) is 0 Å². The highest BCUT2D eigenvalue weighted by Crippen LogP contribution is 2.40. The molecule has 4 unspecified atom stereocenters. The number of halogens is 1. The molecule has 1 aromatic carbocycles. The molecule has 2 saturated carbocycles. The summed E-state index contributed by atoms with van der Waals surface area (Å²) < 4.78 is 0. The molecular weight excluding hydrogens is 336 g/mol. The molecule has 6 heteroatoms. The van der Waals surface area contributed by atoms with E-state index in [9.17, 15) is 4.79 Å². The van der Waals surface area contributed by atoms with E-state index in [1.165, 1.54) is 19.3 Å². The van der Waals surface area contributed by atoms with Gasteiger partial charge in [0.15, 0.2) is 0 Å². The Balaban J connectivity index is 0.00000182. The molecule has 2 bridgehead atoms. The van der Waals surface area contributed by atoms with Gasteiger partial charge in [0.25, 0.3) is 0 Å². The summed E-state index contributed by atoms with van der Waals surface area (Å²) in [6.45, 7) is 0.674. The van der Waals surface area contributed by atoms with Gasteiger partial charge in [-0.15, -0.1) is 12.4 Å². The molecule has 3 aliphatic rings. The van der Waals surface area contributed by atoms with Crippen LogP contribution in [0.3, 0.4) is 0 Å². The van der Waals surface area contributed by atoms with Crippen LogP contribution in [-0.4, -0.2) is 24.5 Å². The average molecular weight is 365 g/mol. The number of amides is 1. The number of benzene rings is 1. The molecule has 1 amide bonds. The van der Waals surface area contributed by atoms with Gasteiger partial charge in [-0.05, 0) is 43.1 Å². The fourth-order valence-corrected chi connectivity index (χ4v) is 5.01. The molecule has 5 N–H and O–H groups in total. The third-order valence-corrected chi connectivity index (χ3v) is 6.16. The summed E-state index contributed by atoms with van der Waals surface area (Å²) in [5.41, 5.74) is 13.8. The fraction of sp³-hybridized carbons (Fsp3) is 0.632. The maximum atomic E-state index is 13.0. The van der Waals surface area contributed by atoms with Crippen molar-refractivity contribution in [2.24, 2.45) is 23.5 Å². The molecule has 5 nitrogen and oxygen atoms in total. The van der Waals surface area contributed by atoms with E-state index in [4.69, 9.17) is 5.73 Å². The number of carbonyl (C=O) groups is 1. The molecule has 1 heterocycles. The molecular formula is C19H29ClN4O. The van der Waals surface area contributed by atoms with Crippen molar-refractivity contribution in [3.63, 3.8) is 0 Å². The lowest BCUT2D eigenvalue weighted by molar-refractivity contribution is -0.127. The number of nitrogens with one attached hydrogen (secondary N) is 3. The predicted octanol–water partition coefficient (Wildman–Crippen LogP) is 1.90. The van der Waals surface area contributed by atoms with Crippen LogP contribution in [0, 0.1) is 17.8 Å². The van der Waals surface area contributed by atoms with Gasteiger partial charge in [-0.3, -0.25) is 10.2 Å². The van der Waals surface area contributed by atoms with Crippen LogP contribution < -0.4 is 21.9 Å². The third kappa shape index (κ3) is 3.85. The largest absolute Gasteiger partial charge is 0.352 e. The molecule has 138 valence electrons. The lowest BCUT2D eigenvalue weighted by Gasteiger charge is -2.45. The first-order chi connectivity index (χ1) is 11.7. The summed E-state index contributed by atoms with van der Waals surface area (Å²) in [6.07, 6.45) is 5.82. The minimum absolute atomic E-state index is 0. The molecule has 0 aromatic heterocycles. The van der Waals surface area contributed by atoms with Gasteiger partial charge in [-0.2, -0.15) is 0 Å². The maximum Gasteiger partial charge on any atom is 0.226 e. The Kier molecular flexibility index (Phi) is 6.00. The van der Waals surface area contributed by atoms with Gasteiger partial charge in [0.2, 0.25) is 5.91 Å². The molecule has 1 aromatic rings. The standard InChI is InChI=1S/C19H28N4O.ClH/c20-15-9-13-7-4-8-14(10-15)17(13)22-19(24)16-11-21-23-18(16)12-5-2-1-3-6-12;/h1-3,5-6,13-18,21,23H,4,7-11,20H2,(H,22,24);1H. The van der Waals surface area contributed by atoms with E-state index in [1.54, 1.807) is 0 Å². The zero-order chi connectivity index (χ0) is 16.5. The van der Waals surface area contributed by atoms with E-state index in [0.29, 0.717) is 30.5 Å². The lowest BCUT2D eigenvalue weighted by Crippen LogP contribution is -2.55. The second kappa shape index (κ2) is 8.04. The zero-order valence-corrected chi connectivity index (χ0v) is 15.3. The van der Waals surface area contributed by atoms with Crippen LogP contribution in [0.4, 0.5) is 0 Å². The first kappa shape index (κ1) is 18.6. The van der Waals surface area contributed by atoms with Crippen molar-refractivity contribution in [2.75, 3.05) is 6.54 Å². The van der Waals surface area contributed by atoms with Crippen molar-refractivity contribution < 1.29 is 4.79 Å². The Hall–Kier alpha value is -1.14. The number of carbonyl (C=O) groups excluding carboxylic acids is 1. The molecule has 25 heavy (non-hydrogen) atoms. The zero-order valence-electron chi connectivity index (χ0n) is 14.5. The normalized spacial score (nSPS) is 37.2. The van der Waals surface area contributed by atoms with Gasteiger partial charge in [-0.1, -0.05) is 36.8 Å². The van der Waals surface area contributed by atoms with Gasteiger partial charge < -0.3 is 11.1 Å². The molecule has 3 fully saturated rings. The molecule has 0 spiro atoms. The van der Waals surface area contributed by atoms with Crippen molar-refractivity contribution >= 4 is 18.3 Å². The van der Waals surface area contributed by atoms with Crippen LogP contribution in [0.2, 0.25) is 0 Å². The van der Waals surface area contributed by atoms with Crippen molar-refractivity contribution in [3.8, 4) is 0 Å².